The Balaban J connectivity index is 2.20. The van der Waals surface area contributed by atoms with Crippen LogP contribution in [-0.4, -0.2) is 19.3 Å². The Morgan fingerprint density at radius 2 is 1.68 bits per heavy atom. The molecule has 0 spiro atoms. The van der Waals surface area contributed by atoms with E-state index in [1.807, 2.05) is 0 Å². The first-order valence-electron chi connectivity index (χ1n) is 6.36. The van der Waals surface area contributed by atoms with Gasteiger partial charge in [-0.2, -0.15) is 0 Å². The number of rotatable bonds is 5. The first-order valence-corrected chi connectivity index (χ1v) is 8.56. The molecular formula is C15H13ClF2O3S. The summed E-state index contributed by atoms with van der Waals surface area (Å²) in [6, 6.07) is 9.18. The molecule has 118 valence electrons. The summed E-state index contributed by atoms with van der Waals surface area (Å²) < 4.78 is 51.4. The fourth-order valence-corrected chi connectivity index (χ4v) is 3.85. The molecule has 0 radical (unpaired) electrons. The van der Waals surface area contributed by atoms with Gasteiger partial charge >= 0.3 is 0 Å². The number of aliphatic hydroxyl groups is 1. The van der Waals surface area contributed by atoms with E-state index in [0.29, 0.717) is 0 Å². The van der Waals surface area contributed by atoms with Crippen LogP contribution in [0.2, 0.25) is 5.02 Å². The number of sulfone groups is 1. The van der Waals surface area contributed by atoms with Crippen molar-refractivity contribution in [1.82, 2.24) is 0 Å². The first-order chi connectivity index (χ1) is 10.3. The molecule has 0 heterocycles. The van der Waals surface area contributed by atoms with Crippen LogP contribution in [0.25, 0.3) is 0 Å². The van der Waals surface area contributed by atoms with E-state index in [1.165, 1.54) is 30.3 Å². The monoisotopic (exact) mass is 346 g/mol. The standard InChI is InChI=1S/C15H13ClF2O3S/c16-12-5-3-7-14(18)11(12)8-22(20,21)9-15(19)10-4-1-2-6-13(10)17/h1-7,15,19H,8-9H2. The number of hydrogen-bond donors (Lipinski definition) is 1. The van der Waals surface area contributed by atoms with Crippen molar-refractivity contribution in [3.05, 3.63) is 70.2 Å². The van der Waals surface area contributed by atoms with Gasteiger partial charge < -0.3 is 5.11 Å². The van der Waals surface area contributed by atoms with E-state index in [-0.39, 0.29) is 16.1 Å². The fourth-order valence-electron chi connectivity index (χ4n) is 2.02. The average molecular weight is 347 g/mol. The van der Waals surface area contributed by atoms with Crippen molar-refractivity contribution < 1.29 is 22.3 Å². The van der Waals surface area contributed by atoms with Gasteiger partial charge in [-0.1, -0.05) is 35.9 Å². The summed E-state index contributed by atoms with van der Waals surface area (Å²) in [7, 11) is -3.88. The Hall–Kier alpha value is -1.50. The molecule has 0 aliphatic carbocycles. The van der Waals surface area contributed by atoms with Gasteiger partial charge in [0, 0.05) is 16.1 Å². The molecule has 0 aliphatic heterocycles. The molecule has 1 unspecified atom stereocenters. The van der Waals surface area contributed by atoms with Crippen LogP contribution in [0.1, 0.15) is 17.2 Å². The van der Waals surface area contributed by atoms with Gasteiger partial charge in [-0.25, -0.2) is 17.2 Å². The van der Waals surface area contributed by atoms with Gasteiger partial charge in [0.15, 0.2) is 9.84 Å². The van der Waals surface area contributed by atoms with Gasteiger partial charge in [0.25, 0.3) is 0 Å². The maximum atomic E-state index is 13.6. The van der Waals surface area contributed by atoms with Crippen LogP contribution < -0.4 is 0 Å². The highest BCUT2D eigenvalue weighted by Gasteiger charge is 2.23. The Morgan fingerprint density at radius 3 is 2.32 bits per heavy atom. The Kier molecular flexibility index (Phi) is 5.16. The van der Waals surface area contributed by atoms with E-state index in [2.05, 4.69) is 0 Å². The van der Waals surface area contributed by atoms with Crippen molar-refractivity contribution in [1.29, 1.82) is 0 Å². The second-order valence-electron chi connectivity index (χ2n) is 4.79. The lowest BCUT2D eigenvalue weighted by molar-refractivity contribution is 0.196. The number of hydrogen-bond acceptors (Lipinski definition) is 3. The summed E-state index contributed by atoms with van der Waals surface area (Å²) in [4.78, 5) is 0. The van der Waals surface area contributed by atoms with Gasteiger partial charge in [-0.05, 0) is 18.2 Å². The minimum absolute atomic E-state index is 0.0102. The smallest absolute Gasteiger partial charge is 0.157 e. The van der Waals surface area contributed by atoms with Crippen LogP contribution in [0.4, 0.5) is 8.78 Å². The second kappa shape index (κ2) is 6.73. The Labute approximate surface area is 132 Å². The van der Waals surface area contributed by atoms with Crippen molar-refractivity contribution >= 4 is 21.4 Å². The maximum Gasteiger partial charge on any atom is 0.157 e. The largest absolute Gasteiger partial charge is 0.387 e. The van der Waals surface area contributed by atoms with Crippen LogP contribution in [-0.2, 0) is 15.6 Å². The molecule has 2 rings (SSSR count). The zero-order chi connectivity index (χ0) is 16.3. The molecule has 0 fully saturated rings. The van der Waals surface area contributed by atoms with Crippen molar-refractivity contribution in [3.63, 3.8) is 0 Å². The molecule has 3 nitrogen and oxygen atoms in total. The predicted octanol–water partition coefficient (Wildman–Crippen LogP) is 3.27. The maximum absolute atomic E-state index is 13.6. The molecule has 22 heavy (non-hydrogen) atoms. The quantitative estimate of drug-likeness (QED) is 0.904. The van der Waals surface area contributed by atoms with E-state index < -0.39 is 39.1 Å². The van der Waals surface area contributed by atoms with Crippen LogP contribution in [0.3, 0.4) is 0 Å². The molecule has 1 N–H and O–H groups in total. The second-order valence-corrected chi connectivity index (χ2v) is 7.31. The third-order valence-electron chi connectivity index (χ3n) is 3.10. The third-order valence-corrected chi connectivity index (χ3v) is 5.01. The van der Waals surface area contributed by atoms with Crippen molar-refractivity contribution in [2.45, 2.75) is 11.9 Å². The molecule has 0 aliphatic rings. The highest BCUT2D eigenvalue weighted by molar-refractivity contribution is 7.90. The number of halogens is 3. The minimum atomic E-state index is -3.88. The highest BCUT2D eigenvalue weighted by Crippen LogP contribution is 2.24. The molecule has 0 aromatic heterocycles. The summed E-state index contributed by atoms with van der Waals surface area (Å²) in [5.74, 6) is -2.83. The topological polar surface area (TPSA) is 54.4 Å². The van der Waals surface area contributed by atoms with Gasteiger partial charge in [0.05, 0.1) is 17.6 Å². The van der Waals surface area contributed by atoms with Crippen molar-refractivity contribution in [3.8, 4) is 0 Å². The van der Waals surface area contributed by atoms with Crippen LogP contribution in [0, 0.1) is 11.6 Å². The summed E-state index contributed by atoms with van der Waals surface area (Å²) in [6.07, 6.45) is -1.53. The highest BCUT2D eigenvalue weighted by atomic mass is 35.5. The molecule has 0 bridgehead atoms. The van der Waals surface area contributed by atoms with E-state index in [0.717, 1.165) is 12.1 Å². The van der Waals surface area contributed by atoms with Gasteiger partial charge in [-0.3, -0.25) is 0 Å². The van der Waals surface area contributed by atoms with Gasteiger partial charge in [0.1, 0.15) is 11.6 Å². The molecule has 0 amide bonds. The summed E-state index contributed by atoms with van der Waals surface area (Å²) >= 11 is 5.79. The summed E-state index contributed by atoms with van der Waals surface area (Å²) in [5, 5.41) is 9.90. The number of aliphatic hydroxyl groups excluding tert-OH is 1. The van der Waals surface area contributed by atoms with Crippen molar-refractivity contribution in [2.75, 3.05) is 5.75 Å². The van der Waals surface area contributed by atoms with Gasteiger partial charge in [0.2, 0.25) is 0 Å². The molecule has 0 saturated heterocycles. The predicted molar refractivity (Wildman–Crippen MR) is 80.3 cm³/mol. The fraction of sp³-hybridized carbons (Fsp3) is 0.200. The molecule has 7 heteroatoms. The van der Waals surface area contributed by atoms with Crippen LogP contribution >= 0.6 is 11.6 Å². The summed E-state index contributed by atoms with van der Waals surface area (Å²) in [5.41, 5.74) is -0.282. The van der Waals surface area contributed by atoms with E-state index in [9.17, 15) is 22.3 Å². The molecule has 1 atom stereocenters. The zero-order valence-corrected chi connectivity index (χ0v) is 12.9. The molecule has 0 saturated carbocycles. The normalized spacial score (nSPS) is 13.1. The molecule has 2 aromatic rings. The lowest BCUT2D eigenvalue weighted by Crippen LogP contribution is -2.18. The number of benzene rings is 2. The van der Waals surface area contributed by atoms with Crippen molar-refractivity contribution in [2.24, 2.45) is 0 Å². The van der Waals surface area contributed by atoms with Gasteiger partial charge in [-0.15, -0.1) is 0 Å². The first kappa shape index (κ1) is 16.9. The minimum Gasteiger partial charge on any atom is -0.387 e. The van der Waals surface area contributed by atoms with E-state index >= 15 is 0 Å². The SMILES string of the molecule is O=S(=O)(Cc1c(F)cccc1Cl)CC(O)c1ccccc1F. The van der Waals surface area contributed by atoms with E-state index in [4.69, 9.17) is 11.6 Å². The van der Waals surface area contributed by atoms with Crippen LogP contribution in [0.15, 0.2) is 42.5 Å². The lowest BCUT2D eigenvalue weighted by atomic mass is 10.1. The third kappa shape index (κ3) is 4.03. The molecular weight excluding hydrogens is 334 g/mol. The lowest BCUT2D eigenvalue weighted by Gasteiger charge is -2.13. The van der Waals surface area contributed by atoms with Crippen LogP contribution in [0.5, 0.6) is 0 Å². The molecule has 2 aromatic carbocycles. The Bertz CT molecular complexity index is 758. The zero-order valence-electron chi connectivity index (χ0n) is 11.3. The average Bonchev–Trinajstić information content (AvgIpc) is 2.43. The summed E-state index contributed by atoms with van der Waals surface area (Å²) in [6.45, 7) is 0. The van der Waals surface area contributed by atoms with E-state index in [1.54, 1.807) is 0 Å². The Morgan fingerprint density at radius 1 is 1.05 bits per heavy atom.